The second-order valence-electron chi connectivity index (χ2n) is 3.84. The molecule has 1 rings (SSSR count). The molecule has 0 saturated carbocycles. The lowest BCUT2D eigenvalue weighted by Gasteiger charge is -2.21. The van der Waals surface area contributed by atoms with Crippen LogP contribution in [-0.2, 0) is 0 Å². The van der Waals surface area contributed by atoms with E-state index in [1.165, 1.54) is 11.9 Å². The number of nitrogens with zero attached hydrogens (tertiary/aromatic N) is 3. The van der Waals surface area contributed by atoms with Gasteiger partial charge >= 0.3 is 0 Å². The molecule has 9 nitrogen and oxygen atoms in total. The second-order valence-corrected chi connectivity index (χ2v) is 3.84. The molecule has 0 aromatic carbocycles. The van der Waals surface area contributed by atoms with Crippen LogP contribution in [0.25, 0.3) is 0 Å². The maximum absolute atomic E-state index is 12.3. The summed E-state index contributed by atoms with van der Waals surface area (Å²) in [6.45, 7) is -0.511. The summed E-state index contributed by atoms with van der Waals surface area (Å²) < 4.78 is 0. The van der Waals surface area contributed by atoms with Gasteiger partial charge in [-0.05, 0) is 0 Å². The number of aliphatic hydroxyl groups excluding tert-OH is 2. The molecule has 0 bridgehead atoms. The van der Waals surface area contributed by atoms with Crippen LogP contribution in [0.3, 0.4) is 0 Å². The molecule has 0 unspecified atom stereocenters. The van der Waals surface area contributed by atoms with E-state index in [0.717, 1.165) is 12.3 Å². The Morgan fingerprint density at radius 2 is 2.05 bits per heavy atom. The molecule has 20 heavy (non-hydrogen) atoms. The Bertz CT molecular complexity index is 488. The molecule has 0 saturated heterocycles. The lowest BCUT2D eigenvalue weighted by molar-refractivity contribution is -0.385. The zero-order valence-corrected chi connectivity index (χ0v) is 10.9. The van der Waals surface area contributed by atoms with Gasteiger partial charge in [-0.1, -0.05) is 0 Å². The monoisotopic (exact) mass is 284 g/mol. The molecule has 9 heteroatoms. The SMILES string of the molecule is CNc1ncc([N+](=O)[O-])cc1C(=O)N(CCO)CCO. The molecule has 0 radical (unpaired) electrons. The van der Waals surface area contributed by atoms with Gasteiger partial charge in [-0.2, -0.15) is 0 Å². The lowest BCUT2D eigenvalue weighted by Crippen LogP contribution is -2.36. The number of rotatable bonds is 7. The van der Waals surface area contributed by atoms with Gasteiger partial charge in [0.25, 0.3) is 11.6 Å². The highest BCUT2D eigenvalue weighted by Crippen LogP contribution is 2.20. The van der Waals surface area contributed by atoms with Crippen molar-refractivity contribution < 1.29 is 19.9 Å². The molecule has 1 aromatic rings. The fourth-order valence-corrected chi connectivity index (χ4v) is 1.64. The molecule has 0 aliphatic rings. The standard InChI is InChI=1S/C11H16N4O5/c1-12-10-9(6-8(7-13-10)15(19)20)11(18)14(2-4-16)3-5-17/h6-7,16-17H,2-5H2,1H3,(H,12,13). The van der Waals surface area contributed by atoms with E-state index in [0.29, 0.717) is 0 Å². The van der Waals surface area contributed by atoms with Crippen LogP contribution in [0.15, 0.2) is 12.3 Å². The highest BCUT2D eigenvalue weighted by molar-refractivity contribution is 5.99. The number of anilines is 1. The van der Waals surface area contributed by atoms with Crippen LogP contribution in [0.1, 0.15) is 10.4 Å². The second kappa shape index (κ2) is 7.36. The van der Waals surface area contributed by atoms with E-state index in [1.54, 1.807) is 0 Å². The summed E-state index contributed by atoms with van der Waals surface area (Å²) in [5, 5.41) is 31.2. The Labute approximate surface area is 115 Å². The van der Waals surface area contributed by atoms with Gasteiger partial charge in [0.05, 0.1) is 23.7 Å². The number of hydrogen-bond donors (Lipinski definition) is 3. The zero-order chi connectivity index (χ0) is 15.1. The Kier molecular flexibility index (Phi) is 5.81. The van der Waals surface area contributed by atoms with E-state index in [4.69, 9.17) is 10.2 Å². The quantitative estimate of drug-likeness (QED) is 0.453. The van der Waals surface area contributed by atoms with Gasteiger partial charge in [0.2, 0.25) is 0 Å². The zero-order valence-electron chi connectivity index (χ0n) is 10.9. The first kappa shape index (κ1) is 15.8. The number of nitrogens with one attached hydrogen (secondary N) is 1. The van der Waals surface area contributed by atoms with E-state index < -0.39 is 10.8 Å². The third-order valence-electron chi connectivity index (χ3n) is 2.58. The van der Waals surface area contributed by atoms with Crippen molar-refractivity contribution in [1.29, 1.82) is 0 Å². The van der Waals surface area contributed by atoms with Crippen molar-refractivity contribution in [2.45, 2.75) is 0 Å². The average molecular weight is 284 g/mol. The molecular formula is C11H16N4O5. The molecule has 3 N–H and O–H groups in total. The first-order valence-electron chi connectivity index (χ1n) is 5.88. The van der Waals surface area contributed by atoms with Crippen molar-refractivity contribution in [2.75, 3.05) is 38.7 Å². The summed E-state index contributed by atoms with van der Waals surface area (Å²) in [5.41, 5.74) is -0.288. The largest absolute Gasteiger partial charge is 0.395 e. The number of pyridine rings is 1. The molecular weight excluding hydrogens is 268 g/mol. The van der Waals surface area contributed by atoms with Crippen molar-refractivity contribution in [2.24, 2.45) is 0 Å². The van der Waals surface area contributed by atoms with Crippen LogP contribution in [0.2, 0.25) is 0 Å². The van der Waals surface area contributed by atoms with Crippen molar-refractivity contribution >= 4 is 17.4 Å². The van der Waals surface area contributed by atoms with Gasteiger partial charge in [-0.15, -0.1) is 0 Å². The first-order chi connectivity index (χ1) is 9.54. The van der Waals surface area contributed by atoms with E-state index in [9.17, 15) is 14.9 Å². The Morgan fingerprint density at radius 1 is 1.45 bits per heavy atom. The fraction of sp³-hybridized carbons (Fsp3) is 0.455. The first-order valence-corrected chi connectivity index (χ1v) is 5.88. The predicted molar refractivity (Wildman–Crippen MR) is 70.5 cm³/mol. The minimum atomic E-state index is -0.647. The van der Waals surface area contributed by atoms with Crippen LogP contribution in [0.4, 0.5) is 11.5 Å². The van der Waals surface area contributed by atoms with Gasteiger partial charge in [-0.3, -0.25) is 14.9 Å². The van der Waals surface area contributed by atoms with Crippen LogP contribution in [0.5, 0.6) is 0 Å². The minimum absolute atomic E-state index is 0.0172. The lowest BCUT2D eigenvalue weighted by atomic mass is 10.2. The number of carbonyl (C=O) groups excluding carboxylic acids is 1. The molecule has 110 valence electrons. The maximum Gasteiger partial charge on any atom is 0.288 e. The summed E-state index contributed by atoms with van der Waals surface area (Å²) in [7, 11) is 1.54. The van der Waals surface area contributed by atoms with Gasteiger partial charge < -0.3 is 20.4 Å². The van der Waals surface area contributed by atoms with Crippen molar-refractivity contribution in [3.8, 4) is 0 Å². The summed E-state index contributed by atoms with van der Waals surface area (Å²) in [5.74, 6) is -0.352. The van der Waals surface area contributed by atoms with Crippen molar-refractivity contribution in [3.63, 3.8) is 0 Å². The minimum Gasteiger partial charge on any atom is -0.395 e. The Hall–Kier alpha value is -2.26. The number of amides is 1. The molecule has 0 atom stereocenters. The molecule has 1 heterocycles. The van der Waals surface area contributed by atoms with Crippen molar-refractivity contribution in [1.82, 2.24) is 9.88 Å². The third-order valence-corrected chi connectivity index (χ3v) is 2.58. The van der Waals surface area contributed by atoms with E-state index in [1.807, 2.05) is 0 Å². The van der Waals surface area contributed by atoms with Crippen LogP contribution in [-0.4, -0.2) is 64.3 Å². The number of aromatic nitrogens is 1. The molecule has 0 spiro atoms. The van der Waals surface area contributed by atoms with Crippen LogP contribution < -0.4 is 5.32 Å². The fourth-order valence-electron chi connectivity index (χ4n) is 1.64. The van der Waals surface area contributed by atoms with Crippen molar-refractivity contribution in [3.05, 3.63) is 27.9 Å². The maximum atomic E-state index is 12.3. The van der Waals surface area contributed by atoms with Gasteiger partial charge in [0, 0.05) is 26.2 Å². The van der Waals surface area contributed by atoms with Gasteiger partial charge in [-0.25, -0.2) is 4.98 Å². The highest BCUT2D eigenvalue weighted by atomic mass is 16.6. The molecule has 1 amide bonds. The number of hydrogen-bond acceptors (Lipinski definition) is 7. The molecule has 0 aliphatic heterocycles. The topological polar surface area (TPSA) is 129 Å². The third kappa shape index (κ3) is 3.62. The highest BCUT2D eigenvalue weighted by Gasteiger charge is 2.22. The number of nitro groups is 1. The molecule has 1 aromatic heterocycles. The van der Waals surface area contributed by atoms with E-state index in [-0.39, 0.29) is 43.4 Å². The normalized spacial score (nSPS) is 10.2. The Morgan fingerprint density at radius 3 is 2.50 bits per heavy atom. The average Bonchev–Trinajstić information content (AvgIpc) is 2.45. The smallest absolute Gasteiger partial charge is 0.288 e. The molecule has 0 fully saturated rings. The molecule has 0 aliphatic carbocycles. The summed E-state index contributed by atoms with van der Waals surface area (Å²) in [6, 6.07) is 1.11. The van der Waals surface area contributed by atoms with Gasteiger partial charge in [0.1, 0.15) is 12.0 Å². The number of aliphatic hydroxyl groups is 2. The predicted octanol–water partition coefficient (Wildman–Crippen LogP) is -0.542. The summed E-state index contributed by atoms with van der Waals surface area (Å²) in [6.07, 6.45) is 1.05. The van der Waals surface area contributed by atoms with E-state index in [2.05, 4.69) is 10.3 Å². The summed E-state index contributed by atoms with van der Waals surface area (Å²) >= 11 is 0. The van der Waals surface area contributed by atoms with Crippen LogP contribution >= 0.6 is 0 Å². The Balaban J connectivity index is 3.16. The summed E-state index contributed by atoms with van der Waals surface area (Å²) in [4.78, 5) is 27.4. The van der Waals surface area contributed by atoms with Crippen LogP contribution in [0, 0.1) is 10.1 Å². The number of carbonyl (C=O) groups is 1. The van der Waals surface area contributed by atoms with Gasteiger partial charge in [0.15, 0.2) is 0 Å². The van der Waals surface area contributed by atoms with E-state index >= 15 is 0 Å².